The van der Waals surface area contributed by atoms with E-state index in [-0.39, 0.29) is 11.8 Å². The molecule has 1 aliphatic rings. The molecule has 0 radical (unpaired) electrons. The van der Waals surface area contributed by atoms with E-state index in [9.17, 15) is 4.79 Å². The predicted molar refractivity (Wildman–Crippen MR) is 104 cm³/mol. The Balaban J connectivity index is 1.69. The van der Waals surface area contributed by atoms with Gasteiger partial charge in [0.25, 0.3) is 0 Å². The summed E-state index contributed by atoms with van der Waals surface area (Å²) in [6, 6.07) is 9.24. The molecule has 2 aromatic rings. The lowest BCUT2D eigenvalue weighted by molar-refractivity contribution is -0.131. The van der Waals surface area contributed by atoms with E-state index in [1.807, 2.05) is 42.2 Å². The Hall–Kier alpha value is -2.34. The molecule has 7 heteroatoms. The molecule has 1 fully saturated rings. The van der Waals surface area contributed by atoms with Crippen LogP contribution >= 0.6 is 11.6 Å². The Kier molecular flexibility index (Phi) is 6.50. The zero-order valence-corrected chi connectivity index (χ0v) is 16.4. The van der Waals surface area contributed by atoms with Gasteiger partial charge in [-0.05, 0) is 31.9 Å². The first-order chi connectivity index (χ1) is 13.1. The summed E-state index contributed by atoms with van der Waals surface area (Å²) in [7, 11) is 1.62. The molecule has 1 aromatic carbocycles. The third kappa shape index (κ3) is 5.10. The van der Waals surface area contributed by atoms with E-state index >= 15 is 0 Å². The van der Waals surface area contributed by atoms with Crippen molar-refractivity contribution < 1.29 is 14.3 Å². The number of rotatable bonds is 6. The van der Waals surface area contributed by atoms with Gasteiger partial charge in [0.15, 0.2) is 0 Å². The number of hydrogen-bond acceptors (Lipinski definition) is 5. The lowest BCUT2D eigenvalue weighted by Crippen LogP contribution is -2.38. The highest BCUT2D eigenvalue weighted by atomic mass is 35.5. The fraction of sp³-hybridized carbons (Fsp3) is 0.450. The maximum atomic E-state index is 12.0. The number of amides is 1. The Morgan fingerprint density at radius 2 is 1.96 bits per heavy atom. The van der Waals surface area contributed by atoms with Crippen molar-refractivity contribution in [3.05, 3.63) is 41.9 Å². The smallest absolute Gasteiger partial charge is 0.223 e. The Bertz CT molecular complexity index is 792. The van der Waals surface area contributed by atoms with Crippen molar-refractivity contribution in [3.63, 3.8) is 0 Å². The molecule has 0 saturated carbocycles. The van der Waals surface area contributed by atoms with Crippen LogP contribution in [0.4, 0.5) is 0 Å². The zero-order valence-electron chi connectivity index (χ0n) is 15.7. The number of carbonyl (C=O) groups excluding carboxylic acids is 1. The SMILES string of the molecule is COc1cccc(Oc2cc(C)nc(C3CCN(C(=O)CCCl)CC3)n2)c1. The van der Waals surface area contributed by atoms with Crippen LogP contribution in [0.25, 0.3) is 0 Å². The number of ether oxygens (including phenoxy) is 2. The lowest BCUT2D eigenvalue weighted by Gasteiger charge is -2.31. The van der Waals surface area contributed by atoms with Crippen molar-refractivity contribution in [2.24, 2.45) is 0 Å². The summed E-state index contributed by atoms with van der Waals surface area (Å²) in [5.41, 5.74) is 0.860. The van der Waals surface area contributed by atoms with Crippen LogP contribution in [0.2, 0.25) is 0 Å². The molecule has 0 unspecified atom stereocenters. The third-order valence-electron chi connectivity index (χ3n) is 4.63. The van der Waals surface area contributed by atoms with E-state index in [0.717, 1.165) is 30.1 Å². The van der Waals surface area contributed by atoms with Crippen molar-refractivity contribution in [1.82, 2.24) is 14.9 Å². The van der Waals surface area contributed by atoms with Gasteiger partial charge in [0.05, 0.1) is 7.11 Å². The Morgan fingerprint density at radius 3 is 2.67 bits per heavy atom. The third-order valence-corrected chi connectivity index (χ3v) is 4.82. The van der Waals surface area contributed by atoms with Gasteiger partial charge in [0.1, 0.15) is 17.3 Å². The van der Waals surface area contributed by atoms with Gasteiger partial charge in [-0.15, -0.1) is 11.6 Å². The van der Waals surface area contributed by atoms with Gasteiger partial charge in [-0.25, -0.2) is 4.98 Å². The minimum Gasteiger partial charge on any atom is -0.497 e. The monoisotopic (exact) mass is 389 g/mol. The topological polar surface area (TPSA) is 64.6 Å². The Morgan fingerprint density at radius 1 is 1.22 bits per heavy atom. The predicted octanol–water partition coefficient (Wildman–Crippen LogP) is 3.92. The van der Waals surface area contributed by atoms with Crippen molar-refractivity contribution in [2.75, 3.05) is 26.1 Å². The van der Waals surface area contributed by atoms with Gasteiger partial charge in [-0.2, -0.15) is 4.98 Å². The van der Waals surface area contributed by atoms with Gasteiger partial charge in [-0.3, -0.25) is 4.79 Å². The summed E-state index contributed by atoms with van der Waals surface area (Å²) in [5, 5.41) is 0. The van der Waals surface area contributed by atoms with Gasteiger partial charge >= 0.3 is 0 Å². The molecule has 27 heavy (non-hydrogen) atoms. The first-order valence-corrected chi connectivity index (χ1v) is 9.63. The van der Waals surface area contributed by atoms with Crippen LogP contribution in [0.3, 0.4) is 0 Å². The van der Waals surface area contributed by atoms with Crippen molar-refractivity contribution in [3.8, 4) is 17.4 Å². The van der Waals surface area contributed by atoms with Crippen molar-refractivity contribution in [2.45, 2.75) is 32.1 Å². The molecule has 0 aliphatic carbocycles. The lowest BCUT2D eigenvalue weighted by atomic mass is 9.95. The highest BCUT2D eigenvalue weighted by Crippen LogP contribution is 2.29. The van der Waals surface area contributed by atoms with E-state index in [0.29, 0.717) is 37.0 Å². The molecule has 0 atom stereocenters. The number of methoxy groups -OCH3 is 1. The summed E-state index contributed by atoms with van der Waals surface area (Å²) in [6.45, 7) is 3.36. The molecule has 0 N–H and O–H groups in total. The highest BCUT2D eigenvalue weighted by molar-refractivity contribution is 6.18. The summed E-state index contributed by atoms with van der Waals surface area (Å²) < 4.78 is 11.1. The maximum absolute atomic E-state index is 12.0. The van der Waals surface area contributed by atoms with Crippen molar-refractivity contribution >= 4 is 17.5 Å². The van der Waals surface area contributed by atoms with Crippen LogP contribution in [0, 0.1) is 6.92 Å². The quantitative estimate of drug-likeness (QED) is 0.700. The molecule has 1 aliphatic heterocycles. The summed E-state index contributed by atoms with van der Waals surface area (Å²) in [4.78, 5) is 23.1. The molecule has 2 heterocycles. The molecule has 6 nitrogen and oxygen atoms in total. The molecule has 1 saturated heterocycles. The van der Waals surface area contributed by atoms with Gasteiger partial charge < -0.3 is 14.4 Å². The number of carbonyl (C=O) groups is 1. The number of aromatic nitrogens is 2. The molecule has 1 amide bonds. The van der Waals surface area contributed by atoms with Crippen LogP contribution in [-0.4, -0.2) is 46.9 Å². The molecule has 1 aromatic heterocycles. The standard InChI is InChI=1S/C20H24ClN3O3/c1-14-12-18(27-17-5-3-4-16(13-17)26-2)23-20(22-14)15-7-10-24(11-8-15)19(25)6-9-21/h3-5,12-13,15H,6-11H2,1-2H3. The minimum atomic E-state index is 0.121. The largest absolute Gasteiger partial charge is 0.497 e. The molecule has 144 valence electrons. The average Bonchev–Trinajstić information content (AvgIpc) is 2.68. The van der Waals surface area contributed by atoms with Crippen molar-refractivity contribution in [1.29, 1.82) is 0 Å². The maximum Gasteiger partial charge on any atom is 0.223 e. The second-order valence-corrected chi connectivity index (χ2v) is 6.96. The van der Waals surface area contributed by atoms with Gasteiger partial charge in [0, 0.05) is 49.1 Å². The van der Waals surface area contributed by atoms with Crippen LogP contribution < -0.4 is 9.47 Å². The van der Waals surface area contributed by atoms with Crippen LogP contribution in [0.5, 0.6) is 17.4 Å². The Labute approximate surface area is 164 Å². The number of piperidine rings is 1. The number of halogens is 1. The zero-order chi connectivity index (χ0) is 19.2. The van der Waals surface area contributed by atoms with E-state index < -0.39 is 0 Å². The second-order valence-electron chi connectivity index (χ2n) is 6.58. The van der Waals surface area contributed by atoms with E-state index in [2.05, 4.69) is 9.97 Å². The summed E-state index contributed by atoms with van der Waals surface area (Å²) >= 11 is 5.67. The summed E-state index contributed by atoms with van der Waals surface area (Å²) in [5.74, 6) is 3.40. The highest BCUT2D eigenvalue weighted by Gasteiger charge is 2.25. The number of nitrogens with zero attached hydrogens (tertiary/aromatic N) is 3. The number of hydrogen-bond donors (Lipinski definition) is 0. The second kappa shape index (κ2) is 9.04. The molecular formula is C20H24ClN3O3. The van der Waals surface area contributed by atoms with Crippen LogP contribution in [-0.2, 0) is 4.79 Å². The first kappa shape index (κ1) is 19.4. The average molecular weight is 390 g/mol. The van der Waals surface area contributed by atoms with Crippen LogP contribution in [0.1, 0.15) is 36.7 Å². The number of benzene rings is 1. The molecular weight excluding hydrogens is 366 g/mol. The summed E-state index contributed by atoms with van der Waals surface area (Å²) in [6.07, 6.45) is 2.08. The van der Waals surface area contributed by atoms with E-state index in [1.165, 1.54) is 0 Å². The molecule has 0 bridgehead atoms. The number of likely N-dealkylation sites (tertiary alicyclic amines) is 1. The van der Waals surface area contributed by atoms with E-state index in [1.54, 1.807) is 7.11 Å². The fourth-order valence-corrected chi connectivity index (χ4v) is 3.37. The molecule has 3 rings (SSSR count). The number of aryl methyl sites for hydroxylation is 1. The minimum absolute atomic E-state index is 0.121. The number of alkyl halides is 1. The van der Waals surface area contributed by atoms with Crippen LogP contribution in [0.15, 0.2) is 30.3 Å². The molecule has 0 spiro atoms. The first-order valence-electron chi connectivity index (χ1n) is 9.10. The van der Waals surface area contributed by atoms with Gasteiger partial charge in [-0.1, -0.05) is 6.07 Å². The normalized spacial score (nSPS) is 14.9. The van der Waals surface area contributed by atoms with Gasteiger partial charge in [0.2, 0.25) is 11.8 Å². The fourth-order valence-electron chi connectivity index (χ4n) is 3.21. The van der Waals surface area contributed by atoms with E-state index in [4.69, 9.17) is 21.1 Å².